The van der Waals surface area contributed by atoms with Crippen LogP contribution >= 0.6 is 33.3 Å². The van der Waals surface area contributed by atoms with Crippen molar-refractivity contribution in [2.24, 2.45) is 0 Å². The van der Waals surface area contributed by atoms with E-state index in [0.717, 1.165) is 11.0 Å². The molecule has 1 aliphatic rings. The van der Waals surface area contributed by atoms with Gasteiger partial charge in [-0.05, 0) is 0 Å². The molecule has 0 amide bonds. The Morgan fingerprint density at radius 3 is 2.88 bits per heavy atom. The molecule has 1 atom stereocenters. The molecule has 1 rings (SSSR count). The highest BCUT2D eigenvalue weighted by molar-refractivity contribution is 8.79. The zero-order chi connectivity index (χ0) is 5.82. The fraction of sp³-hybridized carbons (Fsp3) is 1.00. The molecule has 1 N–H and O–H groups in total. The summed E-state index contributed by atoms with van der Waals surface area (Å²) in [6.07, 6.45) is 0. The van der Waals surface area contributed by atoms with Gasteiger partial charge in [-0.2, -0.15) is 0 Å². The third-order valence-electron chi connectivity index (χ3n) is 0.853. The largest absolute Gasteiger partial charge is 0.386 e. The first-order valence-electron chi connectivity index (χ1n) is 2.40. The molecule has 48 valence electrons. The monoisotopic (exact) mass is 168 g/mol. The third kappa shape index (κ3) is 2.09. The molecule has 1 aliphatic heterocycles. The van der Waals surface area contributed by atoms with Crippen LogP contribution in [0.15, 0.2) is 0 Å². The topological polar surface area (TPSA) is 20.2 Å². The van der Waals surface area contributed by atoms with E-state index in [1.165, 1.54) is 5.75 Å². The number of aliphatic hydroxyl groups excluding tert-OH is 1. The predicted octanol–water partition coefficient (Wildman–Crippen LogP) is 1.43. The summed E-state index contributed by atoms with van der Waals surface area (Å²) < 4.78 is 0. The van der Waals surface area contributed by atoms with Gasteiger partial charge in [0, 0.05) is 16.8 Å². The van der Waals surface area contributed by atoms with E-state index in [4.69, 9.17) is 5.11 Å². The summed E-state index contributed by atoms with van der Waals surface area (Å²) >= 11 is 1.61. The lowest BCUT2D eigenvalue weighted by atomic mass is 10.5. The van der Waals surface area contributed by atoms with Gasteiger partial charge in [0.05, 0.1) is 5.94 Å². The van der Waals surface area contributed by atoms with Crippen LogP contribution in [0.25, 0.3) is 0 Å². The molecule has 1 heterocycles. The molecule has 1 saturated heterocycles. The fourth-order valence-electron chi connectivity index (χ4n) is 0.424. The van der Waals surface area contributed by atoms with Gasteiger partial charge in [0.15, 0.2) is 0 Å². The van der Waals surface area contributed by atoms with Crippen LogP contribution in [0.4, 0.5) is 0 Å². The number of hydrogen-bond acceptors (Lipinski definition) is 4. The zero-order valence-electron chi connectivity index (χ0n) is 4.37. The second-order valence-electron chi connectivity index (χ2n) is 1.50. The van der Waals surface area contributed by atoms with Gasteiger partial charge >= 0.3 is 0 Å². The van der Waals surface area contributed by atoms with E-state index >= 15 is 0 Å². The Kier molecular flexibility index (Phi) is 3.50. The van der Waals surface area contributed by atoms with Crippen molar-refractivity contribution >= 4 is 33.3 Å². The molecule has 1 unspecified atom stereocenters. The Labute approximate surface area is 61.4 Å². The molecular weight excluding hydrogens is 160 g/mol. The molecule has 4 heteroatoms. The second kappa shape index (κ2) is 3.93. The molecule has 0 aromatic carbocycles. The normalized spacial score (nSPS) is 27.4. The van der Waals surface area contributed by atoms with Crippen LogP contribution in [0.1, 0.15) is 0 Å². The summed E-state index contributed by atoms with van der Waals surface area (Å²) in [5.41, 5.74) is 0. The molecule has 0 saturated carbocycles. The lowest BCUT2D eigenvalue weighted by Gasteiger charge is -2.22. The highest BCUT2D eigenvalue weighted by Gasteiger charge is 2.18. The van der Waals surface area contributed by atoms with Crippen LogP contribution in [0, 0.1) is 0 Å². The van der Waals surface area contributed by atoms with Crippen molar-refractivity contribution in [3.05, 3.63) is 0 Å². The van der Waals surface area contributed by atoms with Crippen molar-refractivity contribution in [1.29, 1.82) is 0 Å². The standard InChI is InChI=1S/C4H8OS3/c5-3-6-1-4-2-7-8-4/h4-5H,1-3H2. The molecule has 0 aromatic heterocycles. The minimum atomic E-state index is 0.279. The first kappa shape index (κ1) is 7.12. The van der Waals surface area contributed by atoms with Crippen molar-refractivity contribution in [2.75, 3.05) is 17.4 Å². The zero-order valence-corrected chi connectivity index (χ0v) is 6.82. The average Bonchev–Trinajstić information content (AvgIpc) is 1.63. The molecule has 0 spiro atoms. The van der Waals surface area contributed by atoms with Gasteiger partial charge in [-0.1, -0.05) is 21.6 Å². The maximum atomic E-state index is 8.38. The van der Waals surface area contributed by atoms with E-state index in [0.29, 0.717) is 0 Å². The van der Waals surface area contributed by atoms with Crippen LogP contribution in [-0.4, -0.2) is 27.8 Å². The highest BCUT2D eigenvalue weighted by atomic mass is 33.1. The van der Waals surface area contributed by atoms with E-state index in [2.05, 4.69) is 0 Å². The summed E-state index contributed by atoms with van der Waals surface area (Å²) in [6.45, 7) is 0. The molecular formula is C4H8OS3. The van der Waals surface area contributed by atoms with E-state index < -0.39 is 0 Å². The van der Waals surface area contributed by atoms with Crippen LogP contribution in [0.3, 0.4) is 0 Å². The van der Waals surface area contributed by atoms with Crippen LogP contribution in [0.2, 0.25) is 0 Å². The Bertz CT molecular complexity index is 64.3. The summed E-state index contributed by atoms with van der Waals surface area (Å²) in [4.78, 5) is 0. The SMILES string of the molecule is OCSCC1CSS1. The number of hydrogen-bond donors (Lipinski definition) is 1. The first-order valence-corrected chi connectivity index (χ1v) is 5.94. The fourth-order valence-corrected chi connectivity index (χ4v) is 3.50. The van der Waals surface area contributed by atoms with Crippen molar-refractivity contribution in [2.45, 2.75) is 5.25 Å². The summed E-state index contributed by atoms with van der Waals surface area (Å²) in [7, 11) is 3.85. The first-order chi connectivity index (χ1) is 3.93. The lowest BCUT2D eigenvalue weighted by Crippen LogP contribution is -2.15. The van der Waals surface area contributed by atoms with Gasteiger partial charge in [0.2, 0.25) is 0 Å². The van der Waals surface area contributed by atoms with E-state index in [9.17, 15) is 0 Å². The Balaban J connectivity index is 1.86. The minimum Gasteiger partial charge on any atom is -0.386 e. The summed E-state index contributed by atoms with van der Waals surface area (Å²) in [6, 6.07) is 0. The van der Waals surface area contributed by atoms with Crippen molar-refractivity contribution < 1.29 is 5.11 Å². The molecule has 1 nitrogen and oxygen atoms in total. The summed E-state index contributed by atoms with van der Waals surface area (Å²) in [5.74, 6) is 2.67. The maximum Gasteiger partial charge on any atom is 0.0886 e. The van der Waals surface area contributed by atoms with Crippen molar-refractivity contribution in [3.63, 3.8) is 0 Å². The molecule has 0 aliphatic carbocycles. The Morgan fingerprint density at radius 1 is 1.75 bits per heavy atom. The molecule has 0 aromatic rings. The van der Waals surface area contributed by atoms with Gasteiger partial charge in [0.25, 0.3) is 0 Å². The minimum absolute atomic E-state index is 0.279. The van der Waals surface area contributed by atoms with Gasteiger partial charge in [-0.15, -0.1) is 11.8 Å². The molecule has 8 heavy (non-hydrogen) atoms. The third-order valence-corrected chi connectivity index (χ3v) is 5.01. The van der Waals surface area contributed by atoms with Gasteiger partial charge < -0.3 is 5.11 Å². The number of rotatable bonds is 3. The number of aliphatic hydroxyl groups is 1. The van der Waals surface area contributed by atoms with Crippen molar-refractivity contribution in [3.8, 4) is 0 Å². The predicted molar refractivity (Wildman–Crippen MR) is 43.4 cm³/mol. The average molecular weight is 168 g/mol. The maximum absolute atomic E-state index is 8.38. The second-order valence-corrected chi connectivity index (χ2v) is 5.22. The van der Waals surface area contributed by atoms with Crippen LogP contribution in [-0.2, 0) is 0 Å². The van der Waals surface area contributed by atoms with E-state index in [1.807, 2.05) is 21.6 Å². The Morgan fingerprint density at radius 2 is 2.50 bits per heavy atom. The smallest absolute Gasteiger partial charge is 0.0886 e. The van der Waals surface area contributed by atoms with Crippen LogP contribution < -0.4 is 0 Å². The van der Waals surface area contributed by atoms with Crippen LogP contribution in [0.5, 0.6) is 0 Å². The van der Waals surface area contributed by atoms with Crippen molar-refractivity contribution in [1.82, 2.24) is 0 Å². The van der Waals surface area contributed by atoms with Gasteiger partial charge in [0.1, 0.15) is 0 Å². The number of thioether (sulfide) groups is 1. The Hall–Kier alpha value is 1.01. The molecule has 0 radical (unpaired) electrons. The molecule has 1 fully saturated rings. The quantitative estimate of drug-likeness (QED) is 0.508. The summed E-state index contributed by atoms with van der Waals surface area (Å²) in [5, 5.41) is 9.20. The van der Waals surface area contributed by atoms with E-state index in [1.54, 1.807) is 11.8 Å². The molecule has 0 bridgehead atoms. The lowest BCUT2D eigenvalue weighted by molar-refractivity contribution is 0.375. The van der Waals surface area contributed by atoms with Gasteiger partial charge in [-0.3, -0.25) is 0 Å². The van der Waals surface area contributed by atoms with E-state index in [-0.39, 0.29) is 5.94 Å². The van der Waals surface area contributed by atoms with Gasteiger partial charge in [-0.25, -0.2) is 0 Å². The highest BCUT2D eigenvalue weighted by Crippen LogP contribution is 2.41.